The number of hydrogen-bond acceptors (Lipinski definition) is 5. The summed E-state index contributed by atoms with van der Waals surface area (Å²) in [6.07, 6.45) is 6.05. The molecule has 0 saturated carbocycles. The number of amides is 1. The van der Waals surface area contributed by atoms with Gasteiger partial charge in [0.25, 0.3) is 0 Å². The third-order valence-electron chi connectivity index (χ3n) is 4.14. The Balaban J connectivity index is 1.64. The number of carbonyl (C=O) groups is 1. The Hall–Kier alpha value is -2.18. The van der Waals surface area contributed by atoms with Crippen LogP contribution in [-0.4, -0.2) is 37.3 Å². The Morgan fingerprint density at radius 2 is 2.30 bits per heavy atom. The van der Waals surface area contributed by atoms with E-state index in [1.54, 1.807) is 6.20 Å². The summed E-state index contributed by atoms with van der Waals surface area (Å²) >= 11 is 0. The van der Waals surface area contributed by atoms with Gasteiger partial charge >= 0.3 is 0 Å². The highest BCUT2D eigenvalue weighted by Gasteiger charge is 2.33. The number of aryl methyl sites for hydroxylation is 2. The molecule has 1 atom stereocenters. The Bertz CT molecular complexity index is 676. The molecule has 3 rings (SSSR count). The quantitative estimate of drug-likeness (QED) is 0.846. The molecule has 0 unspecified atom stereocenters. The molecule has 0 radical (unpaired) electrons. The van der Waals surface area contributed by atoms with E-state index < -0.39 is 0 Å². The van der Waals surface area contributed by atoms with Crippen molar-refractivity contribution in [3.05, 3.63) is 29.7 Å². The third kappa shape index (κ3) is 3.43. The van der Waals surface area contributed by atoms with Crippen molar-refractivity contribution < 1.29 is 9.32 Å². The first-order chi connectivity index (χ1) is 11.0. The van der Waals surface area contributed by atoms with E-state index in [0.29, 0.717) is 24.7 Å². The fourth-order valence-electron chi connectivity index (χ4n) is 2.89. The smallest absolute Gasteiger partial charge is 0.229 e. The molecule has 2 aromatic heterocycles. The molecule has 0 aromatic carbocycles. The molecule has 3 heterocycles. The van der Waals surface area contributed by atoms with Crippen molar-refractivity contribution in [2.75, 3.05) is 6.54 Å². The maximum atomic E-state index is 12.5. The van der Waals surface area contributed by atoms with E-state index in [4.69, 9.17) is 4.52 Å². The molecule has 0 spiro atoms. The average molecular weight is 317 g/mol. The SMILES string of the molecule is Cc1cnn(CCC(=O)N2CCC[C@H]2c2noc(C(C)C)n2)c1. The van der Waals surface area contributed by atoms with Crippen LogP contribution in [-0.2, 0) is 11.3 Å². The van der Waals surface area contributed by atoms with Crippen LogP contribution in [0.25, 0.3) is 0 Å². The maximum Gasteiger partial charge on any atom is 0.229 e. The van der Waals surface area contributed by atoms with Crippen LogP contribution in [0.5, 0.6) is 0 Å². The van der Waals surface area contributed by atoms with Gasteiger partial charge < -0.3 is 9.42 Å². The summed E-state index contributed by atoms with van der Waals surface area (Å²) in [5.41, 5.74) is 1.10. The van der Waals surface area contributed by atoms with E-state index in [1.807, 2.05) is 36.5 Å². The molecule has 23 heavy (non-hydrogen) atoms. The van der Waals surface area contributed by atoms with Crippen LogP contribution in [0, 0.1) is 6.92 Å². The maximum absolute atomic E-state index is 12.5. The number of hydrogen-bond donors (Lipinski definition) is 0. The second-order valence-corrected chi connectivity index (χ2v) is 6.42. The van der Waals surface area contributed by atoms with Gasteiger partial charge in [-0.25, -0.2) is 0 Å². The van der Waals surface area contributed by atoms with Crippen LogP contribution in [0.1, 0.15) is 62.3 Å². The van der Waals surface area contributed by atoms with Crippen molar-refractivity contribution in [2.45, 2.75) is 58.5 Å². The Kier molecular flexibility index (Phi) is 4.45. The number of carbonyl (C=O) groups excluding carboxylic acids is 1. The molecule has 7 nitrogen and oxygen atoms in total. The van der Waals surface area contributed by atoms with Crippen LogP contribution < -0.4 is 0 Å². The fourth-order valence-corrected chi connectivity index (χ4v) is 2.89. The number of nitrogens with zero attached hydrogens (tertiary/aromatic N) is 5. The molecule has 1 aliphatic rings. The predicted octanol–water partition coefficient (Wildman–Crippen LogP) is 2.45. The fraction of sp³-hybridized carbons (Fsp3) is 0.625. The predicted molar refractivity (Wildman–Crippen MR) is 83.7 cm³/mol. The molecular formula is C16H23N5O2. The average Bonchev–Trinajstić information content (AvgIpc) is 3.24. The van der Waals surface area contributed by atoms with Crippen LogP contribution in [0.15, 0.2) is 16.9 Å². The Morgan fingerprint density at radius 3 is 2.96 bits per heavy atom. The summed E-state index contributed by atoms with van der Waals surface area (Å²) in [7, 11) is 0. The topological polar surface area (TPSA) is 77.0 Å². The molecule has 1 fully saturated rings. The zero-order valence-corrected chi connectivity index (χ0v) is 13.9. The van der Waals surface area contributed by atoms with E-state index in [-0.39, 0.29) is 17.9 Å². The summed E-state index contributed by atoms with van der Waals surface area (Å²) in [5, 5.41) is 8.30. The minimum Gasteiger partial charge on any atom is -0.339 e. The van der Waals surface area contributed by atoms with Gasteiger partial charge in [0.05, 0.1) is 12.2 Å². The highest BCUT2D eigenvalue weighted by molar-refractivity contribution is 5.76. The van der Waals surface area contributed by atoms with Gasteiger partial charge in [-0.2, -0.15) is 10.1 Å². The van der Waals surface area contributed by atoms with E-state index in [2.05, 4.69) is 15.2 Å². The molecule has 0 bridgehead atoms. The normalized spacial score (nSPS) is 18.1. The van der Waals surface area contributed by atoms with Crippen molar-refractivity contribution in [2.24, 2.45) is 0 Å². The molecule has 0 N–H and O–H groups in total. The van der Waals surface area contributed by atoms with Gasteiger partial charge in [0, 0.05) is 31.6 Å². The summed E-state index contributed by atoms with van der Waals surface area (Å²) in [5.74, 6) is 1.59. The Morgan fingerprint density at radius 1 is 1.48 bits per heavy atom. The monoisotopic (exact) mass is 317 g/mol. The first-order valence-electron chi connectivity index (χ1n) is 8.16. The van der Waals surface area contributed by atoms with Crippen LogP contribution in [0.4, 0.5) is 0 Å². The summed E-state index contributed by atoms with van der Waals surface area (Å²) in [6, 6.07) is -0.0573. The molecule has 124 valence electrons. The van der Waals surface area contributed by atoms with Crippen molar-refractivity contribution >= 4 is 5.91 Å². The van der Waals surface area contributed by atoms with Crippen molar-refractivity contribution in [3.8, 4) is 0 Å². The van der Waals surface area contributed by atoms with Gasteiger partial charge in [-0.1, -0.05) is 19.0 Å². The summed E-state index contributed by atoms with van der Waals surface area (Å²) < 4.78 is 7.09. The zero-order valence-electron chi connectivity index (χ0n) is 13.9. The highest BCUT2D eigenvalue weighted by atomic mass is 16.5. The van der Waals surface area contributed by atoms with Gasteiger partial charge in [0.2, 0.25) is 11.8 Å². The minimum absolute atomic E-state index is 0.0573. The lowest BCUT2D eigenvalue weighted by molar-refractivity contribution is -0.132. The second-order valence-electron chi connectivity index (χ2n) is 6.42. The van der Waals surface area contributed by atoms with Gasteiger partial charge in [0.15, 0.2) is 5.82 Å². The lowest BCUT2D eigenvalue weighted by Crippen LogP contribution is -2.31. The van der Waals surface area contributed by atoms with E-state index in [9.17, 15) is 4.79 Å². The molecule has 0 aliphatic carbocycles. The number of aromatic nitrogens is 4. The minimum atomic E-state index is -0.0573. The lowest BCUT2D eigenvalue weighted by Gasteiger charge is -2.22. The third-order valence-corrected chi connectivity index (χ3v) is 4.14. The van der Waals surface area contributed by atoms with Crippen LogP contribution in [0.3, 0.4) is 0 Å². The molecule has 7 heteroatoms. The van der Waals surface area contributed by atoms with Crippen molar-refractivity contribution in [1.29, 1.82) is 0 Å². The zero-order chi connectivity index (χ0) is 16.4. The van der Waals surface area contributed by atoms with Gasteiger partial charge in [-0.05, 0) is 25.3 Å². The molecule has 1 amide bonds. The van der Waals surface area contributed by atoms with Crippen LogP contribution in [0.2, 0.25) is 0 Å². The standard InChI is InChI=1S/C16H23N5O2/c1-11(2)16-18-15(19-23-16)13-5-4-7-21(13)14(22)6-8-20-10-12(3)9-17-20/h9-11,13H,4-8H2,1-3H3/t13-/m0/s1. The number of rotatable bonds is 5. The summed E-state index contributed by atoms with van der Waals surface area (Å²) in [4.78, 5) is 18.9. The van der Waals surface area contributed by atoms with E-state index >= 15 is 0 Å². The van der Waals surface area contributed by atoms with Gasteiger partial charge in [-0.15, -0.1) is 0 Å². The van der Waals surface area contributed by atoms with Crippen LogP contribution >= 0.6 is 0 Å². The number of likely N-dealkylation sites (tertiary alicyclic amines) is 1. The first kappa shape index (κ1) is 15.7. The second kappa shape index (κ2) is 6.52. The molecular weight excluding hydrogens is 294 g/mol. The van der Waals surface area contributed by atoms with E-state index in [1.165, 1.54) is 0 Å². The molecule has 1 saturated heterocycles. The van der Waals surface area contributed by atoms with Crippen molar-refractivity contribution in [3.63, 3.8) is 0 Å². The highest BCUT2D eigenvalue weighted by Crippen LogP contribution is 2.31. The van der Waals surface area contributed by atoms with E-state index in [0.717, 1.165) is 24.9 Å². The lowest BCUT2D eigenvalue weighted by atomic mass is 10.2. The molecule has 2 aromatic rings. The first-order valence-corrected chi connectivity index (χ1v) is 8.16. The van der Waals surface area contributed by atoms with Gasteiger partial charge in [-0.3, -0.25) is 9.48 Å². The summed E-state index contributed by atoms with van der Waals surface area (Å²) in [6.45, 7) is 7.37. The molecule has 1 aliphatic heterocycles. The van der Waals surface area contributed by atoms with Crippen molar-refractivity contribution in [1.82, 2.24) is 24.8 Å². The Labute approximate surface area is 135 Å². The largest absolute Gasteiger partial charge is 0.339 e. The van der Waals surface area contributed by atoms with Gasteiger partial charge in [0.1, 0.15) is 0 Å².